The maximum Gasteiger partial charge on any atom is 0.270 e. The summed E-state index contributed by atoms with van der Waals surface area (Å²) in [4.78, 5) is 23.5. The standard InChI is InChI=1S/C17H28N4O/c1-4-6-10-18-17(22)15-12-16(20-13(3)19-15)21-11-8-7-9-14(21)5-2/h12,14H,4-11H2,1-3H3,(H,18,22). The van der Waals surface area contributed by atoms with E-state index in [0.29, 0.717) is 24.1 Å². The summed E-state index contributed by atoms with van der Waals surface area (Å²) in [6.07, 6.45) is 6.85. The van der Waals surface area contributed by atoms with Crippen LogP contribution >= 0.6 is 0 Å². The van der Waals surface area contributed by atoms with Crippen molar-refractivity contribution in [3.8, 4) is 0 Å². The van der Waals surface area contributed by atoms with Gasteiger partial charge in [0.1, 0.15) is 17.3 Å². The number of carbonyl (C=O) groups is 1. The number of piperidine rings is 1. The minimum atomic E-state index is -0.0924. The van der Waals surface area contributed by atoms with E-state index in [1.807, 2.05) is 13.0 Å². The van der Waals surface area contributed by atoms with Gasteiger partial charge in [0.15, 0.2) is 0 Å². The topological polar surface area (TPSA) is 58.1 Å². The van der Waals surface area contributed by atoms with Gasteiger partial charge in [-0.3, -0.25) is 4.79 Å². The quantitative estimate of drug-likeness (QED) is 0.821. The minimum absolute atomic E-state index is 0.0924. The van der Waals surface area contributed by atoms with E-state index in [0.717, 1.165) is 31.6 Å². The van der Waals surface area contributed by atoms with Crippen molar-refractivity contribution >= 4 is 11.7 Å². The van der Waals surface area contributed by atoms with E-state index >= 15 is 0 Å². The van der Waals surface area contributed by atoms with Crippen LogP contribution in [0.2, 0.25) is 0 Å². The first kappa shape index (κ1) is 16.7. The monoisotopic (exact) mass is 304 g/mol. The highest BCUT2D eigenvalue weighted by Gasteiger charge is 2.23. The number of amides is 1. The zero-order chi connectivity index (χ0) is 15.9. The zero-order valence-corrected chi connectivity index (χ0v) is 14.1. The largest absolute Gasteiger partial charge is 0.354 e. The summed E-state index contributed by atoms with van der Waals surface area (Å²) in [5.41, 5.74) is 0.485. The Labute approximate surface area is 133 Å². The SMILES string of the molecule is CCCCNC(=O)c1cc(N2CCCCC2CC)nc(C)n1. The molecule has 0 bridgehead atoms. The molecule has 1 aliphatic rings. The summed E-state index contributed by atoms with van der Waals surface area (Å²) in [7, 11) is 0. The van der Waals surface area contributed by atoms with Gasteiger partial charge in [-0.1, -0.05) is 20.3 Å². The first-order chi connectivity index (χ1) is 10.7. The number of rotatable bonds is 6. The predicted molar refractivity (Wildman–Crippen MR) is 89.3 cm³/mol. The van der Waals surface area contributed by atoms with Crippen molar-refractivity contribution < 1.29 is 4.79 Å². The van der Waals surface area contributed by atoms with Crippen LogP contribution in [0, 0.1) is 6.92 Å². The van der Waals surface area contributed by atoms with Gasteiger partial charge < -0.3 is 10.2 Å². The van der Waals surface area contributed by atoms with Gasteiger partial charge in [-0.2, -0.15) is 0 Å². The Balaban J connectivity index is 2.16. The molecule has 0 radical (unpaired) electrons. The predicted octanol–water partition coefficient (Wildman–Crippen LogP) is 3.08. The maximum atomic E-state index is 12.2. The fourth-order valence-electron chi connectivity index (χ4n) is 3.01. The van der Waals surface area contributed by atoms with E-state index in [9.17, 15) is 4.79 Å². The van der Waals surface area contributed by atoms with Crippen molar-refractivity contribution in [2.24, 2.45) is 0 Å². The molecule has 0 spiro atoms. The second-order valence-electron chi connectivity index (χ2n) is 6.02. The number of carbonyl (C=O) groups excluding carboxylic acids is 1. The van der Waals surface area contributed by atoms with E-state index in [1.54, 1.807) is 0 Å². The summed E-state index contributed by atoms with van der Waals surface area (Å²) < 4.78 is 0. The third-order valence-corrected chi connectivity index (χ3v) is 4.27. The van der Waals surface area contributed by atoms with Crippen LogP contribution in [0.4, 0.5) is 5.82 Å². The number of nitrogens with one attached hydrogen (secondary N) is 1. The van der Waals surface area contributed by atoms with E-state index in [2.05, 4.69) is 34.0 Å². The van der Waals surface area contributed by atoms with Gasteiger partial charge in [0.2, 0.25) is 0 Å². The Hall–Kier alpha value is -1.65. The molecule has 0 aliphatic carbocycles. The summed E-state index contributed by atoms with van der Waals surface area (Å²) in [5, 5.41) is 2.93. The molecule has 5 nitrogen and oxygen atoms in total. The van der Waals surface area contributed by atoms with E-state index < -0.39 is 0 Å². The van der Waals surface area contributed by atoms with Crippen molar-refractivity contribution in [3.05, 3.63) is 17.6 Å². The Morgan fingerprint density at radius 2 is 2.18 bits per heavy atom. The fraction of sp³-hybridized carbons (Fsp3) is 0.706. The van der Waals surface area contributed by atoms with E-state index in [1.165, 1.54) is 19.3 Å². The molecule has 1 aromatic heterocycles. The van der Waals surface area contributed by atoms with Crippen molar-refractivity contribution in [2.45, 2.75) is 65.3 Å². The van der Waals surface area contributed by atoms with Crippen LogP contribution in [0.5, 0.6) is 0 Å². The molecule has 1 amide bonds. The van der Waals surface area contributed by atoms with Crippen molar-refractivity contribution in [1.29, 1.82) is 0 Å². The van der Waals surface area contributed by atoms with Crippen LogP contribution < -0.4 is 10.2 Å². The molecule has 1 unspecified atom stereocenters. The van der Waals surface area contributed by atoms with Gasteiger partial charge in [-0.05, 0) is 39.0 Å². The lowest BCUT2D eigenvalue weighted by Crippen LogP contribution is -2.40. The summed E-state index contributed by atoms with van der Waals surface area (Å²) in [5.74, 6) is 1.48. The lowest BCUT2D eigenvalue weighted by molar-refractivity contribution is 0.0947. The van der Waals surface area contributed by atoms with Gasteiger partial charge in [-0.25, -0.2) is 9.97 Å². The Kier molecular flexibility index (Phi) is 6.16. The highest BCUT2D eigenvalue weighted by molar-refractivity contribution is 5.92. The molecule has 2 heterocycles. The molecule has 1 aliphatic heterocycles. The second-order valence-corrected chi connectivity index (χ2v) is 6.02. The first-order valence-corrected chi connectivity index (χ1v) is 8.56. The van der Waals surface area contributed by atoms with Gasteiger partial charge in [0.25, 0.3) is 5.91 Å². The molecule has 1 fully saturated rings. The summed E-state index contributed by atoms with van der Waals surface area (Å²) >= 11 is 0. The van der Waals surface area contributed by atoms with Crippen LogP contribution in [0.1, 0.15) is 68.7 Å². The number of hydrogen-bond acceptors (Lipinski definition) is 4. The highest BCUT2D eigenvalue weighted by atomic mass is 16.1. The Morgan fingerprint density at radius 3 is 2.91 bits per heavy atom. The second kappa shape index (κ2) is 8.11. The third-order valence-electron chi connectivity index (χ3n) is 4.27. The van der Waals surface area contributed by atoms with E-state index in [4.69, 9.17) is 0 Å². The molecule has 1 atom stereocenters. The number of aryl methyl sites for hydroxylation is 1. The van der Waals surface area contributed by atoms with Crippen LogP contribution in [0.15, 0.2) is 6.07 Å². The van der Waals surface area contributed by atoms with Gasteiger partial charge in [0, 0.05) is 25.2 Å². The fourth-order valence-corrected chi connectivity index (χ4v) is 3.01. The maximum absolute atomic E-state index is 12.2. The van der Waals surface area contributed by atoms with Crippen LogP contribution in [0.3, 0.4) is 0 Å². The van der Waals surface area contributed by atoms with Crippen molar-refractivity contribution in [1.82, 2.24) is 15.3 Å². The van der Waals surface area contributed by atoms with Crippen molar-refractivity contribution in [3.63, 3.8) is 0 Å². The highest BCUT2D eigenvalue weighted by Crippen LogP contribution is 2.25. The van der Waals surface area contributed by atoms with Gasteiger partial charge in [-0.15, -0.1) is 0 Å². The molecular formula is C17H28N4O. The molecule has 22 heavy (non-hydrogen) atoms. The number of nitrogens with zero attached hydrogens (tertiary/aromatic N) is 3. The molecular weight excluding hydrogens is 276 g/mol. The molecule has 1 aromatic rings. The molecule has 5 heteroatoms. The normalized spacial score (nSPS) is 18.3. The molecule has 122 valence electrons. The number of hydrogen-bond donors (Lipinski definition) is 1. The first-order valence-electron chi connectivity index (χ1n) is 8.56. The third kappa shape index (κ3) is 4.18. The number of aromatic nitrogens is 2. The molecule has 1 saturated heterocycles. The van der Waals surface area contributed by atoms with Crippen LogP contribution in [-0.4, -0.2) is 35.0 Å². The average molecular weight is 304 g/mol. The molecule has 0 saturated carbocycles. The van der Waals surface area contributed by atoms with Crippen LogP contribution in [-0.2, 0) is 0 Å². The average Bonchev–Trinajstić information content (AvgIpc) is 2.54. The van der Waals surface area contributed by atoms with Crippen LogP contribution in [0.25, 0.3) is 0 Å². The minimum Gasteiger partial charge on any atom is -0.354 e. The summed E-state index contributed by atoms with van der Waals surface area (Å²) in [6, 6.07) is 2.38. The number of anilines is 1. The number of unbranched alkanes of at least 4 members (excludes halogenated alkanes) is 1. The van der Waals surface area contributed by atoms with Gasteiger partial charge >= 0.3 is 0 Å². The molecule has 2 rings (SSSR count). The van der Waals surface area contributed by atoms with E-state index in [-0.39, 0.29) is 5.91 Å². The molecule has 0 aromatic carbocycles. The Morgan fingerprint density at radius 1 is 1.36 bits per heavy atom. The summed E-state index contributed by atoms with van der Waals surface area (Å²) in [6.45, 7) is 7.91. The molecule has 1 N–H and O–H groups in total. The zero-order valence-electron chi connectivity index (χ0n) is 14.1. The smallest absolute Gasteiger partial charge is 0.270 e. The lowest BCUT2D eigenvalue weighted by atomic mass is 10.00. The van der Waals surface area contributed by atoms with Gasteiger partial charge in [0.05, 0.1) is 0 Å². The van der Waals surface area contributed by atoms with Crippen molar-refractivity contribution in [2.75, 3.05) is 18.0 Å². The lowest BCUT2D eigenvalue weighted by Gasteiger charge is -2.36. The Bertz CT molecular complexity index is 503.